The molecule has 1 aromatic carbocycles. The van der Waals surface area contributed by atoms with Gasteiger partial charge in [0.15, 0.2) is 0 Å². The molecule has 4 heteroatoms. The van der Waals surface area contributed by atoms with Crippen LogP contribution in [0.2, 0.25) is 0 Å². The fraction of sp³-hybridized carbons (Fsp3) is 0.250. The molecular weight excluding hydrogens is 176 g/mol. The van der Waals surface area contributed by atoms with Crippen LogP contribution in [0.4, 0.5) is 0 Å². The van der Waals surface area contributed by atoms with Gasteiger partial charge in [-0.1, -0.05) is 17.7 Å². The normalized spacial score (nSPS) is 10.2. The summed E-state index contributed by atoms with van der Waals surface area (Å²) in [5.74, 6) is 0.400. The van der Waals surface area contributed by atoms with Crippen LogP contribution in [0, 0.1) is 13.8 Å². The minimum Gasteiger partial charge on any atom is -0.384 e. The molecule has 0 saturated heterocycles. The van der Waals surface area contributed by atoms with Crippen molar-refractivity contribution >= 4 is 11.0 Å². The zero-order valence-electron chi connectivity index (χ0n) is 6.90. The van der Waals surface area contributed by atoms with E-state index in [2.05, 4.69) is 4.18 Å². The van der Waals surface area contributed by atoms with E-state index in [-0.39, 0.29) is 0 Å². The first-order chi connectivity index (χ1) is 5.59. The summed E-state index contributed by atoms with van der Waals surface area (Å²) in [6.07, 6.45) is 0. The van der Waals surface area contributed by atoms with Crippen LogP contribution < -0.4 is 4.18 Å². The highest BCUT2D eigenvalue weighted by Gasteiger charge is 1.99. The lowest BCUT2D eigenvalue weighted by Gasteiger charge is -2.02. The number of rotatable bonds is 2. The third kappa shape index (κ3) is 2.23. The maximum atomic E-state index is 10.2. The molecule has 0 atom stereocenters. The van der Waals surface area contributed by atoms with E-state index in [0.29, 0.717) is 5.75 Å². The highest BCUT2D eigenvalue weighted by Crippen LogP contribution is 2.18. The first kappa shape index (κ1) is 9.06. The summed E-state index contributed by atoms with van der Waals surface area (Å²) < 4.78 is 25.0. The van der Waals surface area contributed by atoms with Crippen molar-refractivity contribution in [2.75, 3.05) is 0 Å². The molecule has 12 heavy (non-hydrogen) atoms. The highest BCUT2D eigenvalue weighted by molar-refractivity contribution is 7.67. The molecule has 0 spiro atoms. The van der Waals surface area contributed by atoms with E-state index in [1.165, 1.54) is 0 Å². The molecule has 3 nitrogen and oxygen atoms in total. The summed E-state index contributed by atoms with van der Waals surface area (Å²) in [5, 5.41) is 0. The molecule has 66 valence electrons. The summed E-state index contributed by atoms with van der Waals surface area (Å²) >= 11 is 0. The molecule has 1 rings (SSSR count). The summed E-state index contributed by atoms with van der Waals surface area (Å²) in [7, 11) is -2.80. The van der Waals surface area contributed by atoms with Gasteiger partial charge in [-0.3, -0.25) is 0 Å². The lowest BCUT2D eigenvalue weighted by Crippen LogP contribution is -1.92. The highest BCUT2D eigenvalue weighted by atomic mass is 32.2. The van der Waals surface area contributed by atoms with Crippen molar-refractivity contribution < 1.29 is 12.6 Å². The smallest absolute Gasteiger partial charge is 0.299 e. The van der Waals surface area contributed by atoms with Gasteiger partial charge in [0.25, 0.3) is 11.0 Å². The summed E-state index contributed by atoms with van der Waals surface area (Å²) in [6.45, 7) is 3.75. The third-order valence-electron chi connectivity index (χ3n) is 1.50. The molecule has 0 aliphatic heterocycles. The fourth-order valence-corrected chi connectivity index (χ4v) is 1.35. The minimum absolute atomic E-state index is 0.400. The summed E-state index contributed by atoms with van der Waals surface area (Å²) in [5.41, 5.74) is 1.91. The van der Waals surface area contributed by atoms with Gasteiger partial charge in [-0.15, -0.1) is 0 Å². The third-order valence-corrected chi connectivity index (χ3v) is 1.85. The van der Waals surface area contributed by atoms with E-state index >= 15 is 0 Å². The van der Waals surface area contributed by atoms with Crippen LogP contribution in [0.1, 0.15) is 11.1 Å². The quantitative estimate of drug-likeness (QED) is 0.706. The van der Waals surface area contributed by atoms with Crippen LogP contribution in [0.5, 0.6) is 5.75 Å². The second-order valence-electron chi connectivity index (χ2n) is 2.58. The van der Waals surface area contributed by atoms with Crippen molar-refractivity contribution in [1.29, 1.82) is 0 Å². The molecule has 0 saturated carbocycles. The topological polar surface area (TPSA) is 43.4 Å². The Hall–Kier alpha value is -1.03. The molecular formula is C8H10O3S. The van der Waals surface area contributed by atoms with Crippen LogP contribution in [0.15, 0.2) is 18.2 Å². The van der Waals surface area contributed by atoms with E-state index in [1.807, 2.05) is 13.0 Å². The van der Waals surface area contributed by atoms with E-state index in [0.717, 1.165) is 11.1 Å². The number of aryl methyl sites for hydroxylation is 2. The second kappa shape index (κ2) is 3.58. The molecule has 0 aliphatic carbocycles. The van der Waals surface area contributed by atoms with Crippen LogP contribution in [-0.2, 0) is 11.0 Å². The zero-order chi connectivity index (χ0) is 9.14. The van der Waals surface area contributed by atoms with E-state index in [4.69, 9.17) is 0 Å². The van der Waals surface area contributed by atoms with Gasteiger partial charge in [0.1, 0.15) is 5.75 Å². The van der Waals surface area contributed by atoms with Gasteiger partial charge in [0.05, 0.1) is 0 Å². The Balaban J connectivity index is 3.01. The Morgan fingerprint density at radius 2 is 1.92 bits per heavy atom. The lowest BCUT2D eigenvalue weighted by molar-refractivity contribution is 0.508. The number of thiol groups is 1. The molecule has 0 aromatic heterocycles. The van der Waals surface area contributed by atoms with E-state index < -0.39 is 11.0 Å². The van der Waals surface area contributed by atoms with Gasteiger partial charge in [0, 0.05) is 0 Å². The maximum Gasteiger partial charge on any atom is 0.299 e. The Morgan fingerprint density at radius 3 is 2.42 bits per heavy atom. The van der Waals surface area contributed by atoms with Gasteiger partial charge >= 0.3 is 0 Å². The largest absolute Gasteiger partial charge is 0.384 e. The zero-order valence-corrected chi connectivity index (χ0v) is 7.80. The maximum absolute atomic E-state index is 10.2. The van der Waals surface area contributed by atoms with Gasteiger partial charge in [-0.2, -0.15) is 8.42 Å². The Kier molecular flexibility index (Phi) is 2.70. The Labute approximate surface area is 73.1 Å². The summed E-state index contributed by atoms with van der Waals surface area (Å²) in [4.78, 5) is 0. The van der Waals surface area contributed by atoms with Crippen LogP contribution in [0.25, 0.3) is 0 Å². The van der Waals surface area contributed by atoms with Gasteiger partial charge in [-0.25, -0.2) is 0 Å². The monoisotopic (exact) mass is 186 g/mol. The SMILES string of the molecule is Cc1ccc(O[SH](=O)=O)c(C)c1. The predicted molar refractivity (Wildman–Crippen MR) is 46.9 cm³/mol. The average molecular weight is 186 g/mol. The van der Waals surface area contributed by atoms with Crippen molar-refractivity contribution in [3.8, 4) is 5.75 Å². The van der Waals surface area contributed by atoms with Crippen molar-refractivity contribution in [2.45, 2.75) is 13.8 Å². The van der Waals surface area contributed by atoms with E-state index in [9.17, 15) is 8.42 Å². The van der Waals surface area contributed by atoms with Crippen molar-refractivity contribution in [3.05, 3.63) is 29.3 Å². The molecule has 0 amide bonds. The fourth-order valence-electron chi connectivity index (χ4n) is 0.982. The molecule has 0 N–H and O–H groups in total. The Morgan fingerprint density at radius 1 is 1.25 bits per heavy atom. The molecule has 0 unspecified atom stereocenters. The number of benzene rings is 1. The molecule has 0 bridgehead atoms. The van der Waals surface area contributed by atoms with Gasteiger partial charge in [-0.05, 0) is 25.5 Å². The van der Waals surface area contributed by atoms with Gasteiger partial charge in [0.2, 0.25) is 0 Å². The first-order valence-electron chi connectivity index (χ1n) is 3.49. The first-order valence-corrected chi connectivity index (χ1v) is 4.59. The van der Waals surface area contributed by atoms with Crippen molar-refractivity contribution in [2.24, 2.45) is 0 Å². The number of hydrogen-bond donors (Lipinski definition) is 1. The average Bonchev–Trinajstić information content (AvgIpc) is 1.94. The molecule has 1 aromatic rings. The van der Waals surface area contributed by atoms with Crippen molar-refractivity contribution in [1.82, 2.24) is 0 Å². The molecule has 0 aliphatic rings. The minimum atomic E-state index is -2.80. The lowest BCUT2D eigenvalue weighted by atomic mass is 10.1. The predicted octanol–water partition coefficient (Wildman–Crippen LogP) is 1.21. The Bertz CT molecular complexity index is 347. The second-order valence-corrected chi connectivity index (χ2v) is 3.21. The van der Waals surface area contributed by atoms with Gasteiger partial charge < -0.3 is 4.18 Å². The van der Waals surface area contributed by atoms with Crippen LogP contribution in [-0.4, -0.2) is 8.42 Å². The molecule has 0 radical (unpaired) electrons. The summed E-state index contributed by atoms with van der Waals surface area (Å²) in [6, 6.07) is 5.32. The van der Waals surface area contributed by atoms with Crippen LogP contribution in [0.3, 0.4) is 0 Å². The molecule has 0 fully saturated rings. The van der Waals surface area contributed by atoms with Crippen LogP contribution >= 0.6 is 0 Å². The standard InChI is InChI=1S/C8H10O3S/c1-6-3-4-8(7(2)5-6)11-12(9)10/h3-5,12H,1-2H3. The number of hydrogen-bond acceptors (Lipinski definition) is 3. The van der Waals surface area contributed by atoms with Crippen molar-refractivity contribution in [3.63, 3.8) is 0 Å². The van der Waals surface area contributed by atoms with E-state index in [1.54, 1.807) is 19.1 Å². The molecule has 0 heterocycles.